The van der Waals surface area contributed by atoms with Crippen LogP contribution in [-0.2, 0) is 9.53 Å². The topological polar surface area (TPSA) is 98.5 Å². The average molecular weight is 374 g/mol. The molecule has 28 heavy (non-hydrogen) atoms. The summed E-state index contributed by atoms with van der Waals surface area (Å²) in [5.74, 6) is -1.62. The van der Waals surface area contributed by atoms with Gasteiger partial charge in [-0.1, -0.05) is 42.5 Å². The molecule has 0 aliphatic carbocycles. The van der Waals surface area contributed by atoms with E-state index < -0.39 is 24.4 Å². The van der Waals surface area contributed by atoms with Gasteiger partial charge in [0.1, 0.15) is 0 Å². The molecule has 0 bridgehead atoms. The first kappa shape index (κ1) is 18.8. The van der Waals surface area contributed by atoms with E-state index in [0.29, 0.717) is 16.8 Å². The van der Waals surface area contributed by atoms with Crippen LogP contribution in [0.2, 0.25) is 0 Å². The molecule has 0 saturated heterocycles. The van der Waals surface area contributed by atoms with Crippen LogP contribution in [-0.4, -0.2) is 24.4 Å². The van der Waals surface area contributed by atoms with Crippen molar-refractivity contribution in [3.8, 4) is 11.1 Å². The predicted octanol–water partition coefficient (Wildman–Crippen LogP) is 3.25. The van der Waals surface area contributed by atoms with Crippen molar-refractivity contribution >= 4 is 23.5 Å². The third-order valence-corrected chi connectivity index (χ3v) is 4.02. The molecule has 0 heterocycles. The van der Waals surface area contributed by atoms with Crippen molar-refractivity contribution in [1.29, 1.82) is 0 Å². The lowest BCUT2D eigenvalue weighted by Gasteiger charge is -2.08. The van der Waals surface area contributed by atoms with Crippen molar-refractivity contribution in [3.05, 3.63) is 90.0 Å². The van der Waals surface area contributed by atoms with Gasteiger partial charge in [0.25, 0.3) is 5.91 Å². The summed E-state index contributed by atoms with van der Waals surface area (Å²) in [5, 5.41) is 2.58. The number of primary amides is 1. The van der Waals surface area contributed by atoms with Crippen LogP contribution in [0.25, 0.3) is 11.1 Å². The summed E-state index contributed by atoms with van der Waals surface area (Å²) in [4.78, 5) is 35.1. The van der Waals surface area contributed by atoms with Gasteiger partial charge >= 0.3 is 5.97 Å². The molecule has 3 aromatic carbocycles. The Balaban J connectivity index is 1.53. The van der Waals surface area contributed by atoms with Crippen LogP contribution in [0.4, 0.5) is 5.69 Å². The van der Waals surface area contributed by atoms with Gasteiger partial charge in [-0.05, 0) is 47.5 Å². The number of carbonyl (C=O) groups excluding carboxylic acids is 3. The van der Waals surface area contributed by atoms with Gasteiger partial charge in [0, 0.05) is 11.3 Å². The molecule has 0 aliphatic heterocycles. The highest BCUT2D eigenvalue weighted by Gasteiger charge is 2.11. The Morgan fingerprint density at radius 3 is 1.93 bits per heavy atom. The van der Waals surface area contributed by atoms with Crippen LogP contribution in [0.15, 0.2) is 78.9 Å². The molecule has 2 amide bonds. The first-order valence-corrected chi connectivity index (χ1v) is 8.55. The Morgan fingerprint density at radius 2 is 1.32 bits per heavy atom. The first-order chi connectivity index (χ1) is 13.5. The SMILES string of the molecule is NC(=O)c1ccc(NC(=O)COC(=O)c2ccc(-c3ccccc3)cc2)cc1. The number of nitrogens with one attached hydrogen (secondary N) is 1. The molecule has 6 nitrogen and oxygen atoms in total. The molecule has 0 unspecified atom stereocenters. The minimum absolute atomic E-state index is 0.336. The number of hydrogen-bond acceptors (Lipinski definition) is 4. The van der Waals surface area contributed by atoms with Crippen molar-refractivity contribution < 1.29 is 19.1 Å². The maximum absolute atomic E-state index is 12.1. The molecule has 0 aromatic heterocycles. The first-order valence-electron chi connectivity index (χ1n) is 8.55. The monoisotopic (exact) mass is 374 g/mol. The van der Waals surface area contributed by atoms with E-state index >= 15 is 0 Å². The standard InChI is InChI=1S/C22H18N2O4/c23-21(26)17-10-12-19(13-11-17)24-20(25)14-28-22(27)18-8-6-16(7-9-18)15-4-2-1-3-5-15/h1-13H,14H2,(H2,23,26)(H,24,25). The highest BCUT2D eigenvalue weighted by atomic mass is 16.5. The molecule has 0 aliphatic rings. The second kappa shape index (κ2) is 8.64. The lowest BCUT2D eigenvalue weighted by Crippen LogP contribution is -2.21. The van der Waals surface area contributed by atoms with Crippen LogP contribution in [0, 0.1) is 0 Å². The van der Waals surface area contributed by atoms with Crippen LogP contribution < -0.4 is 11.1 Å². The van der Waals surface area contributed by atoms with Crippen LogP contribution >= 0.6 is 0 Å². The molecule has 0 radical (unpaired) electrons. The fourth-order valence-electron chi connectivity index (χ4n) is 2.56. The van der Waals surface area contributed by atoms with E-state index in [-0.39, 0.29) is 0 Å². The Labute approximate surface area is 161 Å². The highest BCUT2D eigenvalue weighted by Crippen LogP contribution is 2.19. The van der Waals surface area contributed by atoms with Gasteiger partial charge in [0.15, 0.2) is 6.61 Å². The van der Waals surface area contributed by atoms with Gasteiger partial charge in [-0.15, -0.1) is 0 Å². The number of carbonyl (C=O) groups is 3. The summed E-state index contributed by atoms with van der Waals surface area (Å²) in [6.45, 7) is -0.420. The third kappa shape index (κ3) is 4.82. The van der Waals surface area contributed by atoms with Crippen LogP contribution in [0.5, 0.6) is 0 Å². The number of ether oxygens (including phenoxy) is 1. The van der Waals surface area contributed by atoms with Crippen LogP contribution in [0.1, 0.15) is 20.7 Å². The molecule has 140 valence electrons. The number of esters is 1. The molecule has 3 N–H and O–H groups in total. The third-order valence-electron chi connectivity index (χ3n) is 4.02. The summed E-state index contributed by atoms with van der Waals surface area (Å²) >= 11 is 0. The van der Waals surface area contributed by atoms with Gasteiger partial charge in [-0.25, -0.2) is 4.79 Å². The summed E-state index contributed by atoms with van der Waals surface area (Å²) in [5.41, 5.74) is 8.35. The molecular formula is C22H18N2O4. The van der Waals surface area contributed by atoms with Crippen molar-refractivity contribution in [3.63, 3.8) is 0 Å². The Bertz CT molecular complexity index is 981. The van der Waals surface area contributed by atoms with Crippen molar-refractivity contribution in [2.24, 2.45) is 5.73 Å². The fraction of sp³-hybridized carbons (Fsp3) is 0.0455. The molecule has 0 saturated carbocycles. The van der Waals surface area contributed by atoms with E-state index in [0.717, 1.165) is 11.1 Å². The van der Waals surface area contributed by atoms with Gasteiger partial charge < -0.3 is 15.8 Å². The number of rotatable bonds is 6. The number of amides is 2. The second-order valence-corrected chi connectivity index (χ2v) is 6.01. The molecule has 3 aromatic rings. The lowest BCUT2D eigenvalue weighted by atomic mass is 10.0. The number of anilines is 1. The van der Waals surface area contributed by atoms with Crippen molar-refractivity contribution in [1.82, 2.24) is 0 Å². The minimum Gasteiger partial charge on any atom is -0.452 e. The number of hydrogen-bond donors (Lipinski definition) is 2. The number of benzene rings is 3. The van der Waals surface area contributed by atoms with E-state index in [1.165, 1.54) is 12.1 Å². The molecule has 6 heteroatoms. The molecule has 0 fully saturated rings. The molecule has 0 spiro atoms. The van der Waals surface area contributed by atoms with Gasteiger partial charge in [-0.3, -0.25) is 9.59 Å². The van der Waals surface area contributed by atoms with Gasteiger partial charge in [0.05, 0.1) is 5.56 Å². The number of nitrogens with two attached hydrogens (primary N) is 1. The fourth-order valence-corrected chi connectivity index (χ4v) is 2.56. The average Bonchev–Trinajstić information content (AvgIpc) is 2.73. The molecule has 3 rings (SSSR count). The van der Waals surface area contributed by atoms with Crippen LogP contribution in [0.3, 0.4) is 0 Å². The van der Waals surface area contributed by atoms with Crippen molar-refractivity contribution in [2.45, 2.75) is 0 Å². The summed E-state index contributed by atoms with van der Waals surface area (Å²) in [6, 6.07) is 22.8. The Morgan fingerprint density at radius 1 is 0.750 bits per heavy atom. The van der Waals surface area contributed by atoms with E-state index in [1.54, 1.807) is 24.3 Å². The predicted molar refractivity (Wildman–Crippen MR) is 106 cm³/mol. The second-order valence-electron chi connectivity index (χ2n) is 6.01. The normalized spacial score (nSPS) is 10.1. The van der Waals surface area contributed by atoms with Gasteiger partial charge in [0.2, 0.25) is 5.91 Å². The largest absolute Gasteiger partial charge is 0.452 e. The summed E-state index contributed by atoms with van der Waals surface area (Å²) in [6.07, 6.45) is 0. The van der Waals surface area contributed by atoms with Gasteiger partial charge in [-0.2, -0.15) is 0 Å². The lowest BCUT2D eigenvalue weighted by molar-refractivity contribution is -0.119. The van der Waals surface area contributed by atoms with E-state index in [9.17, 15) is 14.4 Å². The van der Waals surface area contributed by atoms with E-state index in [4.69, 9.17) is 10.5 Å². The summed E-state index contributed by atoms with van der Waals surface area (Å²) < 4.78 is 5.04. The quantitative estimate of drug-likeness (QED) is 0.647. The van der Waals surface area contributed by atoms with Crippen molar-refractivity contribution in [2.75, 3.05) is 11.9 Å². The summed E-state index contributed by atoms with van der Waals surface area (Å²) in [7, 11) is 0. The maximum Gasteiger partial charge on any atom is 0.338 e. The smallest absolute Gasteiger partial charge is 0.338 e. The Kier molecular flexibility index (Phi) is 5.81. The van der Waals surface area contributed by atoms with E-state index in [1.807, 2.05) is 42.5 Å². The molecular weight excluding hydrogens is 356 g/mol. The zero-order chi connectivity index (χ0) is 19.9. The zero-order valence-corrected chi connectivity index (χ0v) is 14.9. The zero-order valence-electron chi connectivity index (χ0n) is 14.9. The Hall–Kier alpha value is -3.93. The highest BCUT2D eigenvalue weighted by molar-refractivity contribution is 5.97. The minimum atomic E-state index is -0.584. The molecule has 0 atom stereocenters. The van der Waals surface area contributed by atoms with E-state index in [2.05, 4.69) is 5.32 Å². The maximum atomic E-state index is 12.1.